The van der Waals surface area contributed by atoms with Gasteiger partial charge in [0.25, 0.3) is 0 Å². The number of amides is 1. The van der Waals surface area contributed by atoms with Crippen molar-refractivity contribution in [2.24, 2.45) is 0 Å². The van der Waals surface area contributed by atoms with Gasteiger partial charge in [0, 0.05) is 13.1 Å². The monoisotopic (exact) mass is 482 g/mol. The Morgan fingerprint density at radius 1 is 0.545 bits per heavy atom. The van der Waals surface area contributed by atoms with Gasteiger partial charge < -0.3 is 48.5 Å². The number of likely N-dealkylation sites (N-methyl/N-ethyl adjacent to an activating group) is 1. The van der Waals surface area contributed by atoms with E-state index < -0.39 is 11.7 Å². The van der Waals surface area contributed by atoms with Crippen molar-refractivity contribution in [1.82, 2.24) is 10.6 Å². The van der Waals surface area contributed by atoms with Crippen LogP contribution in [0.15, 0.2) is 0 Å². The molecule has 0 atom stereocenters. The maximum absolute atomic E-state index is 11.4. The summed E-state index contributed by atoms with van der Waals surface area (Å²) in [6, 6.07) is 0. The molecule has 0 aliphatic carbocycles. The molecule has 0 heterocycles. The van der Waals surface area contributed by atoms with E-state index in [-0.39, 0.29) is 0 Å². The minimum absolute atomic E-state index is 0.393. The predicted molar refractivity (Wildman–Crippen MR) is 124 cm³/mol. The van der Waals surface area contributed by atoms with Gasteiger partial charge in [0.1, 0.15) is 5.60 Å². The average Bonchev–Trinajstić information content (AvgIpc) is 2.75. The van der Waals surface area contributed by atoms with Crippen LogP contribution >= 0.6 is 0 Å². The van der Waals surface area contributed by atoms with Crippen molar-refractivity contribution in [1.29, 1.82) is 0 Å². The van der Waals surface area contributed by atoms with E-state index in [0.29, 0.717) is 99.0 Å². The molecule has 11 nitrogen and oxygen atoms in total. The Balaban J connectivity index is 3.10. The van der Waals surface area contributed by atoms with Crippen LogP contribution in [0, 0.1) is 0 Å². The second-order valence-electron chi connectivity index (χ2n) is 7.82. The Bertz CT molecular complexity index is 423. The molecule has 33 heavy (non-hydrogen) atoms. The third kappa shape index (κ3) is 28.9. The molecule has 0 aliphatic heterocycles. The molecular formula is C22H46N2O9. The van der Waals surface area contributed by atoms with E-state index in [2.05, 4.69) is 10.6 Å². The smallest absolute Gasteiger partial charge is 0.407 e. The van der Waals surface area contributed by atoms with E-state index in [1.807, 2.05) is 27.8 Å². The van der Waals surface area contributed by atoms with Crippen molar-refractivity contribution in [3.05, 3.63) is 0 Å². The molecule has 0 fully saturated rings. The maximum Gasteiger partial charge on any atom is 0.407 e. The lowest BCUT2D eigenvalue weighted by molar-refractivity contribution is -0.0203. The molecule has 0 aromatic carbocycles. The summed E-state index contributed by atoms with van der Waals surface area (Å²) in [4.78, 5) is 11.4. The van der Waals surface area contributed by atoms with Crippen molar-refractivity contribution in [3.63, 3.8) is 0 Å². The topological polar surface area (TPSA) is 115 Å². The van der Waals surface area contributed by atoms with E-state index in [9.17, 15) is 4.79 Å². The van der Waals surface area contributed by atoms with Crippen LogP contribution in [-0.4, -0.2) is 124 Å². The zero-order valence-electron chi connectivity index (χ0n) is 21.0. The van der Waals surface area contributed by atoms with Crippen LogP contribution in [-0.2, 0) is 37.9 Å². The number of carbonyl (C=O) groups is 1. The van der Waals surface area contributed by atoms with E-state index in [0.717, 1.165) is 6.54 Å². The van der Waals surface area contributed by atoms with Crippen LogP contribution in [0.5, 0.6) is 0 Å². The Labute approximate surface area is 199 Å². The van der Waals surface area contributed by atoms with Gasteiger partial charge in [0.05, 0.1) is 92.5 Å². The Kier molecular flexibility index (Phi) is 23.3. The van der Waals surface area contributed by atoms with Gasteiger partial charge >= 0.3 is 6.09 Å². The molecular weight excluding hydrogens is 436 g/mol. The van der Waals surface area contributed by atoms with Crippen LogP contribution in [0.2, 0.25) is 0 Å². The summed E-state index contributed by atoms with van der Waals surface area (Å²) >= 11 is 0. The molecule has 0 saturated carbocycles. The van der Waals surface area contributed by atoms with E-state index in [1.54, 1.807) is 0 Å². The van der Waals surface area contributed by atoms with Gasteiger partial charge in [0.2, 0.25) is 0 Å². The first-order valence-electron chi connectivity index (χ1n) is 11.6. The van der Waals surface area contributed by atoms with E-state index in [1.165, 1.54) is 0 Å². The molecule has 1 amide bonds. The molecule has 0 radical (unpaired) electrons. The highest BCUT2D eigenvalue weighted by atomic mass is 16.6. The number of hydrogen-bond acceptors (Lipinski definition) is 10. The number of hydrogen-bond donors (Lipinski definition) is 2. The largest absolute Gasteiger partial charge is 0.444 e. The fraction of sp³-hybridized carbons (Fsp3) is 0.955. The van der Waals surface area contributed by atoms with E-state index >= 15 is 0 Å². The van der Waals surface area contributed by atoms with Gasteiger partial charge in [-0.2, -0.15) is 0 Å². The zero-order valence-corrected chi connectivity index (χ0v) is 21.0. The van der Waals surface area contributed by atoms with Gasteiger partial charge in [-0.25, -0.2) is 4.79 Å². The first kappa shape index (κ1) is 31.9. The molecule has 0 aromatic heterocycles. The van der Waals surface area contributed by atoms with Crippen molar-refractivity contribution >= 4 is 6.09 Å². The summed E-state index contributed by atoms with van der Waals surface area (Å²) < 4.78 is 42.9. The van der Waals surface area contributed by atoms with Gasteiger partial charge in [-0.15, -0.1) is 0 Å². The molecule has 0 bridgehead atoms. The minimum atomic E-state index is -0.501. The molecule has 2 N–H and O–H groups in total. The van der Waals surface area contributed by atoms with Crippen molar-refractivity contribution in [3.8, 4) is 0 Å². The summed E-state index contributed by atoms with van der Waals surface area (Å²) in [6.07, 6.45) is -0.446. The number of nitrogens with one attached hydrogen (secondary N) is 2. The standard InChI is InChI=1S/C22H46N2O9/c1-22(2,3)33-21(25)24-6-8-27-10-12-29-14-16-31-18-20-32-19-17-30-15-13-28-11-9-26-7-5-23-4/h23H,5-20H2,1-4H3,(H,24,25). The first-order valence-corrected chi connectivity index (χ1v) is 11.6. The summed E-state index contributed by atoms with van der Waals surface area (Å²) in [6.45, 7) is 14.0. The molecule has 0 spiro atoms. The number of alkyl carbamates (subject to hydrolysis) is 1. The third-order valence-electron chi connectivity index (χ3n) is 3.64. The number of ether oxygens (including phenoxy) is 8. The Hall–Kier alpha value is -1.05. The average molecular weight is 483 g/mol. The lowest BCUT2D eigenvalue weighted by Gasteiger charge is -2.19. The highest BCUT2D eigenvalue weighted by Gasteiger charge is 2.15. The molecule has 0 rings (SSSR count). The van der Waals surface area contributed by atoms with Crippen LogP contribution < -0.4 is 10.6 Å². The van der Waals surface area contributed by atoms with Crippen LogP contribution in [0.25, 0.3) is 0 Å². The summed E-state index contributed by atoms with van der Waals surface area (Å²) in [5.41, 5.74) is -0.501. The van der Waals surface area contributed by atoms with Gasteiger partial charge in [-0.1, -0.05) is 0 Å². The maximum atomic E-state index is 11.4. The number of rotatable bonds is 24. The van der Waals surface area contributed by atoms with Crippen molar-refractivity contribution in [2.45, 2.75) is 26.4 Å². The van der Waals surface area contributed by atoms with Crippen molar-refractivity contribution in [2.75, 3.05) is 113 Å². The fourth-order valence-corrected chi connectivity index (χ4v) is 2.14. The lowest BCUT2D eigenvalue weighted by atomic mass is 10.2. The van der Waals surface area contributed by atoms with Crippen LogP contribution in [0.1, 0.15) is 20.8 Å². The summed E-state index contributed by atoms with van der Waals surface area (Å²) in [7, 11) is 1.89. The molecule has 0 saturated heterocycles. The molecule has 0 aromatic rings. The SMILES string of the molecule is CNCCOCCOCCOCCOCCOCCOCCOCCNC(=O)OC(C)(C)C. The molecule has 0 aliphatic rings. The highest BCUT2D eigenvalue weighted by Crippen LogP contribution is 2.05. The summed E-state index contributed by atoms with van der Waals surface area (Å²) in [5.74, 6) is 0. The predicted octanol–water partition coefficient (Wildman–Crippen LogP) is 0.847. The Morgan fingerprint density at radius 3 is 1.15 bits per heavy atom. The van der Waals surface area contributed by atoms with Gasteiger partial charge in [-0.05, 0) is 27.8 Å². The molecule has 0 unspecified atom stereocenters. The number of carbonyl (C=O) groups excluding carboxylic acids is 1. The molecule has 198 valence electrons. The van der Waals surface area contributed by atoms with Crippen LogP contribution in [0.4, 0.5) is 4.79 Å². The van der Waals surface area contributed by atoms with Gasteiger partial charge in [0.15, 0.2) is 0 Å². The van der Waals surface area contributed by atoms with Crippen LogP contribution in [0.3, 0.4) is 0 Å². The van der Waals surface area contributed by atoms with Crippen molar-refractivity contribution < 1.29 is 42.7 Å². The second-order valence-corrected chi connectivity index (χ2v) is 7.82. The lowest BCUT2D eigenvalue weighted by Crippen LogP contribution is -2.34. The minimum Gasteiger partial charge on any atom is -0.444 e. The Morgan fingerprint density at radius 2 is 0.848 bits per heavy atom. The first-order chi connectivity index (χ1) is 16.0. The third-order valence-corrected chi connectivity index (χ3v) is 3.64. The zero-order chi connectivity index (χ0) is 24.5. The quantitative estimate of drug-likeness (QED) is 0.192. The highest BCUT2D eigenvalue weighted by molar-refractivity contribution is 5.67. The van der Waals surface area contributed by atoms with Gasteiger partial charge in [-0.3, -0.25) is 0 Å². The van der Waals surface area contributed by atoms with E-state index in [4.69, 9.17) is 37.9 Å². The fourth-order valence-electron chi connectivity index (χ4n) is 2.14. The second kappa shape index (κ2) is 24.1. The normalized spacial score (nSPS) is 11.6. The summed E-state index contributed by atoms with van der Waals surface area (Å²) in [5, 5.41) is 5.64. The molecule has 11 heteroatoms.